The summed E-state index contributed by atoms with van der Waals surface area (Å²) < 4.78 is 44.0. The number of ether oxygens (including phenoxy) is 7. The van der Waals surface area contributed by atoms with Gasteiger partial charge in [-0.2, -0.15) is 0 Å². The molecule has 17 unspecified atom stereocenters. The normalized spacial score (nSPS) is 58.5. The third kappa shape index (κ3) is 6.72. The van der Waals surface area contributed by atoms with Crippen LogP contribution in [-0.2, 0) is 33.2 Å². The Hall–Kier alpha value is -0.680. The highest BCUT2D eigenvalue weighted by molar-refractivity contribution is 5.33. The van der Waals surface area contributed by atoms with E-state index in [0.717, 1.165) is 32.1 Å². The lowest BCUT2D eigenvalue weighted by Gasteiger charge is -2.65. The molecule has 9 rings (SSSR count). The zero-order valence-corrected chi connectivity index (χ0v) is 37.3. The van der Waals surface area contributed by atoms with E-state index in [4.69, 9.17) is 33.2 Å². The van der Waals surface area contributed by atoms with Gasteiger partial charge in [-0.3, -0.25) is 0 Å². The molecule has 5 aliphatic carbocycles. The van der Waals surface area contributed by atoms with E-state index < -0.39 is 109 Å². The van der Waals surface area contributed by atoms with Crippen molar-refractivity contribution in [2.24, 2.45) is 44.8 Å². The van der Waals surface area contributed by atoms with Gasteiger partial charge in [0.25, 0.3) is 0 Å². The third-order valence-electron chi connectivity index (χ3n) is 18.9. The van der Waals surface area contributed by atoms with Crippen LogP contribution in [0.1, 0.15) is 106 Å². The van der Waals surface area contributed by atoms with E-state index in [9.17, 15) is 51.1 Å². The minimum Gasteiger partial charge on any atom is -0.393 e. The number of aliphatic hydroxyl groups is 10. The van der Waals surface area contributed by atoms with E-state index in [-0.39, 0.29) is 65.3 Å². The highest BCUT2D eigenvalue weighted by Gasteiger charge is 2.85. The van der Waals surface area contributed by atoms with Crippen LogP contribution >= 0.6 is 0 Å². The molecule has 2 spiro atoms. The fourth-order valence-electron chi connectivity index (χ4n) is 15.8. The van der Waals surface area contributed by atoms with Gasteiger partial charge in [-0.15, -0.1) is 0 Å². The van der Waals surface area contributed by atoms with Crippen LogP contribution < -0.4 is 0 Å². The van der Waals surface area contributed by atoms with Gasteiger partial charge in [0.1, 0.15) is 54.9 Å². The maximum atomic E-state index is 12.3. The second-order valence-electron chi connectivity index (χ2n) is 23.0. The summed E-state index contributed by atoms with van der Waals surface area (Å²) in [7, 11) is 0. The van der Waals surface area contributed by atoms with E-state index in [1.807, 2.05) is 0 Å². The van der Waals surface area contributed by atoms with Crippen LogP contribution in [0.2, 0.25) is 0 Å². The fraction of sp³-hybridized carbons (Fsp3) is 1.00. The molecule has 4 aliphatic heterocycles. The van der Waals surface area contributed by atoms with Crippen molar-refractivity contribution in [2.75, 3.05) is 19.8 Å². The first-order valence-corrected chi connectivity index (χ1v) is 23.2. The van der Waals surface area contributed by atoms with E-state index >= 15 is 0 Å². The molecule has 62 heavy (non-hydrogen) atoms. The second kappa shape index (κ2) is 15.4. The summed E-state index contributed by atoms with van der Waals surface area (Å²) in [4.78, 5) is 0. The smallest absolute Gasteiger partial charge is 0.186 e. The first kappa shape index (κ1) is 46.4. The highest BCUT2D eigenvalue weighted by atomic mass is 16.8. The Labute approximate surface area is 363 Å². The molecule has 5 saturated carbocycles. The quantitative estimate of drug-likeness (QED) is 0.142. The molecule has 0 bridgehead atoms. The minimum absolute atomic E-state index is 0.0927. The number of rotatable bonds is 8. The number of aliphatic hydroxyl groups excluding tert-OH is 9. The van der Waals surface area contributed by atoms with Crippen LogP contribution in [0.4, 0.5) is 0 Å². The van der Waals surface area contributed by atoms with Crippen LogP contribution in [0.15, 0.2) is 0 Å². The second-order valence-corrected chi connectivity index (χ2v) is 23.0. The van der Waals surface area contributed by atoms with Gasteiger partial charge in [-0.25, -0.2) is 0 Å². The Morgan fingerprint density at radius 2 is 1.15 bits per heavy atom. The molecule has 4 saturated heterocycles. The van der Waals surface area contributed by atoms with E-state index in [2.05, 4.69) is 34.6 Å². The average molecular weight is 887 g/mol. The van der Waals surface area contributed by atoms with Gasteiger partial charge in [0.15, 0.2) is 18.9 Å². The summed E-state index contributed by atoms with van der Waals surface area (Å²) in [5.41, 5.74) is -3.33. The summed E-state index contributed by atoms with van der Waals surface area (Å²) in [6, 6.07) is 0. The van der Waals surface area contributed by atoms with Crippen LogP contribution in [0.3, 0.4) is 0 Å². The van der Waals surface area contributed by atoms with Crippen LogP contribution in [0.5, 0.6) is 0 Å². The molecule has 4 heterocycles. The van der Waals surface area contributed by atoms with Crippen molar-refractivity contribution in [3.05, 3.63) is 0 Å². The molecule has 0 aromatic carbocycles. The van der Waals surface area contributed by atoms with Crippen LogP contribution in [-0.4, -0.2) is 180 Å². The third-order valence-corrected chi connectivity index (χ3v) is 18.9. The van der Waals surface area contributed by atoms with Crippen molar-refractivity contribution in [2.45, 2.75) is 216 Å². The lowest BCUT2D eigenvalue weighted by atomic mass is 9.41. The maximum Gasteiger partial charge on any atom is 0.186 e. The van der Waals surface area contributed by atoms with Gasteiger partial charge in [-0.05, 0) is 117 Å². The van der Waals surface area contributed by atoms with Gasteiger partial charge in [-0.1, -0.05) is 27.7 Å². The van der Waals surface area contributed by atoms with Gasteiger partial charge in [0.2, 0.25) is 0 Å². The molecule has 17 nitrogen and oxygen atoms in total. The van der Waals surface area contributed by atoms with E-state index in [1.54, 1.807) is 13.8 Å². The van der Waals surface area contributed by atoms with E-state index in [1.165, 1.54) is 0 Å². The largest absolute Gasteiger partial charge is 0.393 e. The Morgan fingerprint density at radius 1 is 0.565 bits per heavy atom. The van der Waals surface area contributed by atoms with Crippen molar-refractivity contribution < 1.29 is 84.2 Å². The molecule has 0 aromatic heterocycles. The number of hydrogen-bond acceptors (Lipinski definition) is 17. The monoisotopic (exact) mass is 886 g/mol. The van der Waals surface area contributed by atoms with Crippen molar-refractivity contribution in [3.63, 3.8) is 0 Å². The summed E-state index contributed by atoms with van der Waals surface area (Å²) in [6.07, 6.45) is -12.2. The molecule has 356 valence electrons. The zero-order chi connectivity index (χ0) is 44.9. The Kier molecular flexibility index (Phi) is 11.5. The van der Waals surface area contributed by atoms with Crippen molar-refractivity contribution in [1.29, 1.82) is 0 Å². The Balaban J connectivity index is 1.03. The maximum absolute atomic E-state index is 12.3. The SMILES string of the molecule is CC1(C2[C@@H](O)C[C@@]3(C)C4C[C@H](OC5OCC(O)C(O)C5O)C5C(C)(C)C(OC6OCC(O)C(O)C6OC6OCC(O)C(O)C6O)CC[C@@]56C[C@@]46CC[C@]23C)CC[C@@H](C(C)(C)O)O1. The molecule has 0 radical (unpaired) electrons. The highest BCUT2D eigenvalue weighted by Crippen LogP contribution is 2.89. The van der Waals surface area contributed by atoms with Gasteiger partial charge in [0, 0.05) is 5.92 Å². The topological polar surface area (TPSA) is 267 Å². The van der Waals surface area contributed by atoms with Crippen LogP contribution in [0, 0.1) is 44.8 Å². The van der Waals surface area contributed by atoms with Crippen molar-refractivity contribution in [3.8, 4) is 0 Å². The van der Waals surface area contributed by atoms with E-state index in [0.29, 0.717) is 25.7 Å². The minimum atomic E-state index is -1.65. The molecule has 9 aliphatic rings. The van der Waals surface area contributed by atoms with Gasteiger partial charge >= 0.3 is 0 Å². The molecular formula is C45H74O17. The molecular weight excluding hydrogens is 812 g/mol. The van der Waals surface area contributed by atoms with Crippen LogP contribution in [0.25, 0.3) is 0 Å². The predicted octanol–water partition coefficient (Wildman–Crippen LogP) is -0.173. The number of hydrogen-bond donors (Lipinski definition) is 10. The molecule has 17 heteroatoms. The molecule has 10 N–H and O–H groups in total. The molecule has 24 atom stereocenters. The Bertz CT molecular complexity index is 1660. The zero-order valence-electron chi connectivity index (χ0n) is 37.3. The lowest BCUT2D eigenvalue weighted by molar-refractivity contribution is -0.359. The number of fused-ring (bicyclic) bond motifs is 2. The van der Waals surface area contributed by atoms with Gasteiger partial charge in [0.05, 0.1) is 55.4 Å². The van der Waals surface area contributed by atoms with Crippen molar-refractivity contribution >= 4 is 0 Å². The molecule has 9 fully saturated rings. The molecule has 0 amide bonds. The lowest BCUT2D eigenvalue weighted by Crippen LogP contribution is -2.65. The van der Waals surface area contributed by atoms with Gasteiger partial charge < -0.3 is 84.2 Å². The first-order valence-electron chi connectivity index (χ1n) is 23.2. The summed E-state index contributed by atoms with van der Waals surface area (Å²) in [5.74, 6) is -0.256. The molecule has 0 aromatic rings. The Morgan fingerprint density at radius 3 is 1.74 bits per heavy atom. The average Bonchev–Trinajstić information content (AvgIpc) is 3.56. The summed E-state index contributed by atoms with van der Waals surface area (Å²) in [6.45, 7) is 13.8. The first-order chi connectivity index (χ1) is 28.8. The fourth-order valence-corrected chi connectivity index (χ4v) is 15.8. The predicted molar refractivity (Wildman–Crippen MR) is 214 cm³/mol. The summed E-state index contributed by atoms with van der Waals surface area (Å²) >= 11 is 0. The standard InChI is InChI=1S/C45H74O17/c1-39(2)26(60-38-33(30(52)23(49)18-58-38)61-37-32(54)29(51)22(48)17-57-37)9-11-45-19-44(45)13-12-41(5)34(43(7)10-8-27(62-43)40(3,4)55)20(46)15-42(41,6)25(44)14-24(35(39)45)59-36-31(53)28(50)21(47)16-56-36/h20-38,46-55H,8-19H2,1-7H3/t20-,21?,22?,23?,24-,25?,26?,27-,28?,29?,30?,31?,32?,33?,34?,35?,36?,37?,38?,41+,42-,43?,44-,45+/m0/s1. The van der Waals surface area contributed by atoms with Crippen molar-refractivity contribution in [1.82, 2.24) is 0 Å². The summed E-state index contributed by atoms with van der Waals surface area (Å²) in [5, 5.41) is 109.